The van der Waals surface area contributed by atoms with E-state index in [0.717, 1.165) is 54.7 Å². The Kier molecular flexibility index (Phi) is 5.05. The van der Waals surface area contributed by atoms with Crippen molar-refractivity contribution < 1.29 is 14.7 Å². The molecule has 140 valence electrons. The van der Waals surface area contributed by atoms with Crippen LogP contribution in [0.25, 0.3) is 0 Å². The lowest BCUT2D eigenvalue weighted by atomic mass is 10.1. The van der Waals surface area contributed by atoms with Gasteiger partial charge in [0, 0.05) is 36.3 Å². The number of benzene rings is 2. The van der Waals surface area contributed by atoms with E-state index in [1.165, 1.54) is 0 Å². The van der Waals surface area contributed by atoms with Gasteiger partial charge in [-0.05, 0) is 67.3 Å². The molecular weight excluding hydrogens is 340 g/mol. The summed E-state index contributed by atoms with van der Waals surface area (Å²) in [6, 6.07) is 13.1. The highest BCUT2D eigenvalue weighted by molar-refractivity contribution is 6.05. The molecule has 0 spiro atoms. The summed E-state index contributed by atoms with van der Waals surface area (Å²) >= 11 is 0. The number of rotatable bonds is 4. The minimum Gasteiger partial charge on any atom is -0.392 e. The van der Waals surface area contributed by atoms with E-state index in [1.54, 1.807) is 12.1 Å². The van der Waals surface area contributed by atoms with E-state index in [1.807, 2.05) is 30.3 Å². The molecule has 5 heteroatoms. The number of ketones is 1. The maximum absolute atomic E-state index is 12.5. The van der Waals surface area contributed by atoms with E-state index in [2.05, 4.69) is 10.2 Å². The Balaban J connectivity index is 1.38. The standard InChI is InChI=1S/C22H24N2O3/c25-19-2-1-11-24(14-19)13-15-3-5-16(6-4-15)22(27)23-18-8-9-20-17(12-18)7-10-21(20)26/h3-6,8-9,12,19,25H,1-2,7,10-11,13-14H2,(H,23,27)/t19-/m0/s1. The van der Waals surface area contributed by atoms with Gasteiger partial charge in [0.25, 0.3) is 5.91 Å². The molecule has 2 aliphatic rings. The average molecular weight is 364 g/mol. The summed E-state index contributed by atoms with van der Waals surface area (Å²) in [4.78, 5) is 26.5. The van der Waals surface area contributed by atoms with Crippen molar-refractivity contribution in [3.05, 3.63) is 64.7 Å². The molecule has 0 unspecified atom stereocenters. The number of anilines is 1. The average Bonchev–Trinajstić information content (AvgIpc) is 3.03. The zero-order valence-corrected chi connectivity index (χ0v) is 15.3. The Hall–Kier alpha value is -2.50. The quantitative estimate of drug-likeness (QED) is 0.875. The lowest BCUT2D eigenvalue weighted by Crippen LogP contribution is -2.37. The summed E-state index contributed by atoms with van der Waals surface area (Å²) in [5.74, 6) is 0.0268. The van der Waals surface area contributed by atoms with Crippen LogP contribution in [0.1, 0.15) is 51.1 Å². The van der Waals surface area contributed by atoms with Crippen LogP contribution in [-0.4, -0.2) is 40.9 Å². The molecule has 0 bridgehead atoms. The lowest BCUT2D eigenvalue weighted by Gasteiger charge is -2.29. The van der Waals surface area contributed by atoms with Crippen molar-refractivity contribution in [1.82, 2.24) is 4.90 Å². The van der Waals surface area contributed by atoms with Crippen LogP contribution in [0.5, 0.6) is 0 Å². The molecule has 2 aromatic carbocycles. The summed E-state index contributed by atoms with van der Waals surface area (Å²) in [7, 11) is 0. The molecule has 0 saturated carbocycles. The minimum atomic E-state index is -0.230. The SMILES string of the molecule is O=C(Nc1ccc2c(c1)CCC2=O)c1ccc(CN2CCC[C@H](O)C2)cc1. The van der Waals surface area contributed by atoms with E-state index < -0.39 is 0 Å². The van der Waals surface area contributed by atoms with Gasteiger partial charge in [-0.2, -0.15) is 0 Å². The van der Waals surface area contributed by atoms with Gasteiger partial charge in [0.1, 0.15) is 0 Å². The van der Waals surface area contributed by atoms with E-state index in [4.69, 9.17) is 0 Å². The summed E-state index contributed by atoms with van der Waals surface area (Å²) in [5.41, 5.74) is 4.25. The highest BCUT2D eigenvalue weighted by Crippen LogP contribution is 2.25. The topological polar surface area (TPSA) is 69.6 Å². The predicted molar refractivity (Wildman–Crippen MR) is 104 cm³/mol. The Morgan fingerprint density at radius 3 is 2.74 bits per heavy atom. The first-order chi connectivity index (χ1) is 13.1. The molecule has 27 heavy (non-hydrogen) atoms. The van der Waals surface area contributed by atoms with Gasteiger partial charge in [0.2, 0.25) is 0 Å². The summed E-state index contributed by atoms with van der Waals surface area (Å²) in [6.45, 7) is 2.50. The van der Waals surface area contributed by atoms with Crippen LogP contribution in [0.4, 0.5) is 5.69 Å². The number of aliphatic hydroxyl groups is 1. The number of hydrogen-bond donors (Lipinski definition) is 2. The fourth-order valence-corrected chi connectivity index (χ4v) is 3.93. The number of β-amino-alcohol motifs (C(OH)–C–C–N with tert-alkyl or cyclic N) is 1. The number of fused-ring (bicyclic) bond motifs is 1. The molecule has 5 nitrogen and oxygen atoms in total. The van der Waals surface area contributed by atoms with E-state index in [9.17, 15) is 14.7 Å². The molecule has 1 atom stereocenters. The first-order valence-corrected chi connectivity index (χ1v) is 9.55. The summed E-state index contributed by atoms with van der Waals surface area (Å²) in [6.07, 6.45) is 2.98. The smallest absolute Gasteiger partial charge is 0.255 e. The maximum atomic E-state index is 12.5. The van der Waals surface area contributed by atoms with Crippen molar-refractivity contribution in [2.45, 2.75) is 38.3 Å². The number of aryl methyl sites for hydroxylation is 1. The molecule has 2 N–H and O–H groups in total. The van der Waals surface area contributed by atoms with Crippen LogP contribution in [0, 0.1) is 0 Å². The molecule has 1 saturated heterocycles. The number of aliphatic hydroxyl groups excluding tert-OH is 1. The number of likely N-dealkylation sites (tertiary alicyclic amines) is 1. The zero-order chi connectivity index (χ0) is 18.8. The van der Waals surface area contributed by atoms with Crippen molar-refractivity contribution in [3.8, 4) is 0 Å². The van der Waals surface area contributed by atoms with Crippen molar-refractivity contribution in [1.29, 1.82) is 0 Å². The molecule has 1 amide bonds. The third-order valence-corrected chi connectivity index (χ3v) is 5.39. The van der Waals surface area contributed by atoms with Crippen molar-refractivity contribution >= 4 is 17.4 Å². The molecule has 1 heterocycles. The molecule has 1 aliphatic carbocycles. The van der Waals surface area contributed by atoms with Crippen LogP contribution in [0.15, 0.2) is 42.5 Å². The molecule has 0 radical (unpaired) electrons. The fourth-order valence-electron chi connectivity index (χ4n) is 3.93. The number of amides is 1. The van der Waals surface area contributed by atoms with Gasteiger partial charge in [0.15, 0.2) is 5.78 Å². The molecule has 0 aromatic heterocycles. The number of nitrogens with zero attached hydrogens (tertiary/aromatic N) is 1. The molecule has 2 aromatic rings. The first kappa shape index (κ1) is 17.9. The summed E-state index contributed by atoms with van der Waals surface area (Å²) < 4.78 is 0. The van der Waals surface area contributed by atoms with Crippen LogP contribution in [-0.2, 0) is 13.0 Å². The van der Waals surface area contributed by atoms with E-state index in [0.29, 0.717) is 18.5 Å². The van der Waals surface area contributed by atoms with Crippen LogP contribution in [0.2, 0.25) is 0 Å². The number of carbonyl (C=O) groups excluding carboxylic acids is 2. The minimum absolute atomic E-state index is 0.154. The highest BCUT2D eigenvalue weighted by atomic mass is 16.3. The van der Waals surface area contributed by atoms with Crippen LogP contribution >= 0.6 is 0 Å². The number of Topliss-reactive ketones (excluding diaryl/α,β-unsaturated/α-hetero) is 1. The number of hydrogen-bond acceptors (Lipinski definition) is 4. The second-order valence-electron chi connectivity index (χ2n) is 7.48. The van der Waals surface area contributed by atoms with Crippen LogP contribution < -0.4 is 5.32 Å². The van der Waals surface area contributed by atoms with E-state index >= 15 is 0 Å². The lowest BCUT2D eigenvalue weighted by molar-refractivity contribution is 0.0668. The van der Waals surface area contributed by atoms with Crippen molar-refractivity contribution in [2.24, 2.45) is 0 Å². The number of nitrogens with one attached hydrogen (secondary N) is 1. The van der Waals surface area contributed by atoms with Crippen LogP contribution in [0.3, 0.4) is 0 Å². The third-order valence-electron chi connectivity index (χ3n) is 5.39. The Morgan fingerprint density at radius 1 is 1.15 bits per heavy atom. The second-order valence-corrected chi connectivity index (χ2v) is 7.48. The zero-order valence-electron chi connectivity index (χ0n) is 15.3. The van der Waals surface area contributed by atoms with Gasteiger partial charge < -0.3 is 10.4 Å². The fraction of sp³-hybridized carbons (Fsp3) is 0.364. The predicted octanol–water partition coefficient (Wildman–Crippen LogP) is 3.02. The van der Waals surface area contributed by atoms with Gasteiger partial charge in [-0.15, -0.1) is 0 Å². The maximum Gasteiger partial charge on any atom is 0.255 e. The first-order valence-electron chi connectivity index (χ1n) is 9.55. The number of carbonyl (C=O) groups is 2. The Labute approximate surface area is 159 Å². The van der Waals surface area contributed by atoms with Gasteiger partial charge in [-0.1, -0.05) is 12.1 Å². The number of piperidine rings is 1. The van der Waals surface area contributed by atoms with Gasteiger partial charge in [-0.25, -0.2) is 0 Å². The molecule has 1 aliphatic heterocycles. The molecule has 1 fully saturated rings. The van der Waals surface area contributed by atoms with E-state index in [-0.39, 0.29) is 17.8 Å². The van der Waals surface area contributed by atoms with Gasteiger partial charge in [-0.3, -0.25) is 14.5 Å². The van der Waals surface area contributed by atoms with Gasteiger partial charge in [0.05, 0.1) is 6.10 Å². The van der Waals surface area contributed by atoms with Crippen molar-refractivity contribution in [2.75, 3.05) is 18.4 Å². The highest BCUT2D eigenvalue weighted by Gasteiger charge is 2.20. The third kappa shape index (κ3) is 4.10. The van der Waals surface area contributed by atoms with Crippen molar-refractivity contribution in [3.63, 3.8) is 0 Å². The molecule has 4 rings (SSSR count). The second kappa shape index (κ2) is 7.62. The normalized spacial score (nSPS) is 19.7. The van der Waals surface area contributed by atoms with Gasteiger partial charge >= 0.3 is 0 Å². The largest absolute Gasteiger partial charge is 0.392 e. The summed E-state index contributed by atoms with van der Waals surface area (Å²) in [5, 5.41) is 12.7. The monoisotopic (exact) mass is 364 g/mol. The Bertz CT molecular complexity index is 860. The molecular formula is C22H24N2O3. The Morgan fingerprint density at radius 2 is 1.96 bits per heavy atom.